The fourth-order valence-electron chi connectivity index (χ4n) is 2.55. The van der Waals surface area contributed by atoms with Gasteiger partial charge in [0, 0.05) is 32.2 Å². The maximum Gasteiger partial charge on any atom is 0.209 e. The van der Waals surface area contributed by atoms with E-state index in [0.29, 0.717) is 12.5 Å². The molecule has 1 unspecified atom stereocenters. The maximum atomic E-state index is 11.3. The van der Waals surface area contributed by atoms with Gasteiger partial charge in [-0.1, -0.05) is 6.92 Å². The van der Waals surface area contributed by atoms with Crippen molar-refractivity contribution in [2.24, 2.45) is 10.9 Å². The molecule has 0 spiro atoms. The standard InChI is InChI=1S/C13H28N4O2S/c1-11-7-6-8-17(9-11)12(14-4)15-10-13(2,3)16-20(5,18)19/h11,16H,6-10H2,1-5H3,(H,14,15). The molecule has 0 aromatic rings. The number of nitrogens with zero attached hydrogens (tertiary/aromatic N) is 2. The minimum Gasteiger partial charge on any atom is -0.354 e. The third-order valence-corrected chi connectivity index (χ3v) is 4.24. The van der Waals surface area contributed by atoms with E-state index in [-0.39, 0.29) is 0 Å². The van der Waals surface area contributed by atoms with Gasteiger partial charge in [-0.2, -0.15) is 0 Å². The summed E-state index contributed by atoms with van der Waals surface area (Å²) >= 11 is 0. The molecule has 1 fully saturated rings. The number of likely N-dealkylation sites (tertiary alicyclic amines) is 1. The Morgan fingerprint density at radius 3 is 2.60 bits per heavy atom. The van der Waals surface area contributed by atoms with Crippen molar-refractivity contribution in [1.29, 1.82) is 0 Å². The highest BCUT2D eigenvalue weighted by atomic mass is 32.2. The Bertz CT molecular complexity index is 445. The number of piperidine rings is 1. The summed E-state index contributed by atoms with van der Waals surface area (Å²) in [7, 11) is -1.45. The van der Waals surface area contributed by atoms with E-state index in [9.17, 15) is 8.42 Å². The first-order valence-electron chi connectivity index (χ1n) is 7.07. The van der Waals surface area contributed by atoms with Crippen LogP contribution in [-0.2, 0) is 10.0 Å². The van der Waals surface area contributed by atoms with Gasteiger partial charge in [0.15, 0.2) is 5.96 Å². The van der Waals surface area contributed by atoms with E-state index in [2.05, 4.69) is 26.9 Å². The Hall–Kier alpha value is -0.820. The van der Waals surface area contributed by atoms with E-state index in [1.807, 2.05) is 13.8 Å². The van der Waals surface area contributed by atoms with E-state index in [1.165, 1.54) is 19.1 Å². The lowest BCUT2D eigenvalue weighted by molar-refractivity contribution is 0.264. The number of hydrogen-bond donors (Lipinski definition) is 2. The van der Waals surface area contributed by atoms with Gasteiger partial charge >= 0.3 is 0 Å². The first-order valence-corrected chi connectivity index (χ1v) is 8.96. The van der Waals surface area contributed by atoms with Crippen molar-refractivity contribution in [3.8, 4) is 0 Å². The number of guanidine groups is 1. The van der Waals surface area contributed by atoms with Crippen molar-refractivity contribution in [3.05, 3.63) is 0 Å². The quantitative estimate of drug-likeness (QED) is 0.590. The molecule has 1 saturated heterocycles. The molecule has 0 radical (unpaired) electrons. The van der Waals surface area contributed by atoms with E-state index in [4.69, 9.17) is 0 Å². The maximum absolute atomic E-state index is 11.3. The molecule has 0 aromatic heterocycles. The van der Waals surface area contributed by atoms with Gasteiger partial charge in [-0.25, -0.2) is 13.1 Å². The van der Waals surface area contributed by atoms with Crippen LogP contribution in [0.3, 0.4) is 0 Å². The largest absolute Gasteiger partial charge is 0.354 e. The molecule has 6 nitrogen and oxygen atoms in total. The first kappa shape index (κ1) is 17.2. The molecule has 0 saturated carbocycles. The SMILES string of the molecule is CN=C(NCC(C)(C)NS(C)(=O)=O)N1CCCC(C)C1. The van der Waals surface area contributed by atoms with Crippen LogP contribution < -0.4 is 10.0 Å². The van der Waals surface area contributed by atoms with Gasteiger partial charge in [-0.05, 0) is 32.6 Å². The molecular formula is C13H28N4O2S. The van der Waals surface area contributed by atoms with Gasteiger partial charge in [-0.15, -0.1) is 0 Å². The van der Waals surface area contributed by atoms with Gasteiger partial charge in [0.25, 0.3) is 0 Å². The second-order valence-corrected chi connectivity index (χ2v) is 8.10. The zero-order valence-corrected chi connectivity index (χ0v) is 14.0. The third kappa shape index (κ3) is 6.09. The summed E-state index contributed by atoms with van der Waals surface area (Å²) in [6, 6.07) is 0. The summed E-state index contributed by atoms with van der Waals surface area (Å²) in [6.07, 6.45) is 3.61. The summed E-state index contributed by atoms with van der Waals surface area (Å²) in [6.45, 7) is 8.45. The van der Waals surface area contributed by atoms with Crippen LogP contribution in [0.15, 0.2) is 4.99 Å². The molecule has 1 aliphatic rings. The number of hydrogen-bond acceptors (Lipinski definition) is 3. The average Bonchev–Trinajstić information content (AvgIpc) is 2.26. The minimum absolute atomic E-state index is 0.498. The Morgan fingerprint density at radius 1 is 1.45 bits per heavy atom. The van der Waals surface area contributed by atoms with E-state index < -0.39 is 15.6 Å². The number of aliphatic imine (C=N–C) groups is 1. The van der Waals surface area contributed by atoms with Crippen LogP contribution in [-0.4, -0.2) is 57.8 Å². The zero-order valence-electron chi connectivity index (χ0n) is 13.2. The number of nitrogens with one attached hydrogen (secondary N) is 2. The van der Waals surface area contributed by atoms with Crippen molar-refractivity contribution in [1.82, 2.24) is 14.9 Å². The minimum atomic E-state index is -3.21. The van der Waals surface area contributed by atoms with Gasteiger partial charge in [-0.3, -0.25) is 4.99 Å². The molecule has 0 aliphatic carbocycles. The van der Waals surface area contributed by atoms with Crippen LogP contribution in [0.25, 0.3) is 0 Å². The average molecular weight is 304 g/mol. The highest BCUT2D eigenvalue weighted by molar-refractivity contribution is 7.88. The van der Waals surface area contributed by atoms with Crippen LogP contribution in [0.1, 0.15) is 33.6 Å². The monoisotopic (exact) mass is 304 g/mol. The molecule has 0 amide bonds. The molecule has 1 aliphatic heterocycles. The summed E-state index contributed by atoms with van der Waals surface area (Å²) in [5, 5.41) is 3.27. The van der Waals surface area contributed by atoms with Crippen molar-refractivity contribution in [2.75, 3.05) is 32.9 Å². The van der Waals surface area contributed by atoms with Gasteiger partial charge in [0.1, 0.15) is 0 Å². The van der Waals surface area contributed by atoms with Crippen molar-refractivity contribution in [2.45, 2.75) is 39.2 Å². The lowest BCUT2D eigenvalue weighted by Gasteiger charge is -2.35. The van der Waals surface area contributed by atoms with Crippen LogP contribution in [0.2, 0.25) is 0 Å². The predicted molar refractivity (Wildman–Crippen MR) is 83.4 cm³/mol. The second-order valence-electron chi connectivity index (χ2n) is 6.35. The van der Waals surface area contributed by atoms with Crippen LogP contribution >= 0.6 is 0 Å². The molecule has 1 rings (SSSR count). The lowest BCUT2D eigenvalue weighted by atomic mass is 10.0. The van der Waals surface area contributed by atoms with Crippen molar-refractivity contribution in [3.63, 3.8) is 0 Å². The summed E-state index contributed by atoms with van der Waals surface area (Å²) in [5.41, 5.74) is -0.551. The van der Waals surface area contributed by atoms with Crippen LogP contribution in [0.4, 0.5) is 0 Å². The first-order chi connectivity index (χ1) is 9.13. The van der Waals surface area contributed by atoms with Gasteiger partial charge in [0.05, 0.1) is 6.26 Å². The Morgan fingerprint density at radius 2 is 2.10 bits per heavy atom. The number of sulfonamides is 1. The van der Waals surface area contributed by atoms with Gasteiger partial charge in [0.2, 0.25) is 10.0 Å². The Kier molecular flexibility index (Phi) is 5.82. The topological polar surface area (TPSA) is 73.8 Å². The Balaban J connectivity index is 2.57. The van der Waals surface area contributed by atoms with Crippen molar-refractivity contribution < 1.29 is 8.42 Å². The van der Waals surface area contributed by atoms with Gasteiger partial charge < -0.3 is 10.2 Å². The molecule has 7 heteroatoms. The Labute approximate surface area is 123 Å². The number of rotatable bonds is 4. The molecular weight excluding hydrogens is 276 g/mol. The van der Waals surface area contributed by atoms with E-state index >= 15 is 0 Å². The molecule has 0 aromatic carbocycles. The molecule has 1 heterocycles. The fourth-order valence-corrected chi connectivity index (χ4v) is 3.63. The molecule has 20 heavy (non-hydrogen) atoms. The fraction of sp³-hybridized carbons (Fsp3) is 0.923. The molecule has 0 bridgehead atoms. The molecule has 1 atom stereocenters. The van der Waals surface area contributed by atoms with Crippen LogP contribution in [0.5, 0.6) is 0 Å². The predicted octanol–water partition coefficient (Wildman–Crippen LogP) is 0.622. The van der Waals surface area contributed by atoms with E-state index in [0.717, 1.165) is 19.0 Å². The highest BCUT2D eigenvalue weighted by Crippen LogP contribution is 2.15. The van der Waals surface area contributed by atoms with Crippen molar-refractivity contribution >= 4 is 16.0 Å². The van der Waals surface area contributed by atoms with E-state index in [1.54, 1.807) is 7.05 Å². The smallest absolute Gasteiger partial charge is 0.209 e. The highest BCUT2D eigenvalue weighted by Gasteiger charge is 2.24. The summed E-state index contributed by atoms with van der Waals surface area (Å²) in [5.74, 6) is 1.52. The summed E-state index contributed by atoms with van der Waals surface area (Å²) in [4.78, 5) is 6.54. The molecule has 2 N–H and O–H groups in total. The summed E-state index contributed by atoms with van der Waals surface area (Å²) < 4.78 is 25.3. The molecule has 118 valence electrons. The normalized spacial score (nSPS) is 21.9. The zero-order chi connectivity index (χ0) is 15.4. The third-order valence-electron chi connectivity index (χ3n) is 3.32. The second kappa shape index (κ2) is 6.76. The lowest BCUT2D eigenvalue weighted by Crippen LogP contribution is -2.54. The van der Waals surface area contributed by atoms with Crippen LogP contribution in [0, 0.1) is 5.92 Å².